The number of aliphatic carboxylic acids is 1. The third-order valence-electron chi connectivity index (χ3n) is 4.28. The Labute approximate surface area is 108 Å². The number of nitrogens with one attached hydrogen (secondary N) is 1. The van der Waals surface area contributed by atoms with E-state index in [1.807, 2.05) is 0 Å². The maximum atomic E-state index is 11.2. The van der Waals surface area contributed by atoms with Crippen molar-refractivity contribution < 1.29 is 14.7 Å². The monoisotopic (exact) mass is 254 g/mol. The molecule has 1 heterocycles. The molecule has 2 aliphatic rings. The molecule has 0 aromatic carbocycles. The van der Waals surface area contributed by atoms with Gasteiger partial charge in [0.05, 0.1) is 5.92 Å². The molecular formula is C13H22N2O3. The van der Waals surface area contributed by atoms with E-state index in [1.54, 1.807) is 0 Å². The maximum absolute atomic E-state index is 11.2. The fraction of sp³-hybridized carbons (Fsp3) is 0.846. The molecule has 2 rings (SSSR count). The Bertz CT molecular complexity index is 345. The molecule has 2 fully saturated rings. The summed E-state index contributed by atoms with van der Waals surface area (Å²) in [7, 11) is 0. The highest BCUT2D eigenvalue weighted by Gasteiger charge is 2.39. The molecule has 0 aromatic heterocycles. The summed E-state index contributed by atoms with van der Waals surface area (Å²) in [4.78, 5) is 24.6. The summed E-state index contributed by atoms with van der Waals surface area (Å²) < 4.78 is 0. The predicted molar refractivity (Wildman–Crippen MR) is 67.1 cm³/mol. The SMILES string of the molecule is CC(=O)NC1CC(C(=O)O)CN(C2CCC2C)C1. The van der Waals surface area contributed by atoms with Crippen LogP contribution in [-0.4, -0.2) is 47.1 Å². The summed E-state index contributed by atoms with van der Waals surface area (Å²) >= 11 is 0. The number of hydrogen-bond acceptors (Lipinski definition) is 3. The largest absolute Gasteiger partial charge is 0.481 e. The molecule has 1 amide bonds. The van der Waals surface area contributed by atoms with Gasteiger partial charge < -0.3 is 10.4 Å². The van der Waals surface area contributed by atoms with Crippen LogP contribution in [0.1, 0.15) is 33.1 Å². The van der Waals surface area contributed by atoms with Crippen LogP contribution in [-0.2, 0) is 9.59 Å². The van der Waals surface area contributed by atoms with Gasteiger partial charge in [-0.15, -0.1) is 0 Å². The number of likely N-dealkylation sites (tertiary alicyclic amines) is 1. The minimum Gasteiger partial charge on any atom is -0.481 e. The first-order chi connectivity index (χ1) is 8.47. The van der Waals surface area contributed by atoms with Crippen LogP contribution in [0.5, 0.6) is 0 Å². The van der Waals surface area contributed by atoms with E-state index in [-0.39, 0.29) is 17.9 Å². The summed E-state index contributed by atoms with van der Waals surface area (Å²) in [5.74, 6) is -0.534. The van der Waals surface area contributed by atoms with Crippen LogP contribution in [0.15, 0.2) is 0 Å². The summed E-state index contributed by atoms with van der Waals surface area (Å²) in [5.41, 5.74) is 0. The van der Waals surface area contributed by atoms with Crippen molar-refractivity contribution in [3.05, 3.63) is 0 Å². The van der Waals surface area contributed by atoms with Crippen molar-refractivity contribution in [1.82, 2.24) is 10.2 Å². The zero-order valence-corrected chi connectivity index (χ0v) is 11.1. The van der Waals surface area contributed by atoms with Crippen LogP contribution >= 0.6 is 0 Å². The first-order valence-electron chi connectivity index (χ1n) is 6.71. The zero-order valence-electron chi connectivity index (χ0n) is 11.1. The van der Waals surface area contributed by atoms with Crippen LogP contribution < -0.4 is 5.32 Å². The van der Waals surface area contributed by atoms with Gasteiger partial charge in [0, 0.05) is 32.1 Å². The van der Waals surface area contributed by atoms with Crippen molar-refractivity contribution in [1.29, 1.82) is 0 Å². The van der Waals surface area contributed by atoms with Crippen molar-refractivity contribution in [3.63, 3.8) is 0 Å². The molecule has 4 atom stereocenters. The smallest absolute Gasteiger partial charge is 0.307 e. The predicted octanol–water partition coefficient (Wildman–Crippen LogP) is 0.696. The molecule has 1 aliphatic heterocycles. The second-order valence-electron chi connectivity index (χ2n) is 5.74. The van der Waals surface area contributed by atoms with Gasteiger partial charge in [0.1, 0.15) is 0 Å². The number of carbonyl (C=O) groups is 2. The van der Waals surface area contributed by atoms with Gasteiger partial charge in [-0.3, -0.25) is 14.5 Å². The van der Waals surface area contributed by atoms with E-state index in [0.717, 1.165) is 13.0 Å². The Kier molecular flexibility index (Phi) is 3.90. The molecule has 0 aromatic rings. The first kappa shape index (κ1) is 13.3. The second kappa shape index (κ2) is 5.26. The van der Waals surface area contributed by atoms with Gasteiger partial charge in [0.25, 0.3) is 0 Å². The van der Waals surface area contributed by atoms with Gasteiger partial charge in [-0.25, -0.2) is 0 Å². The van der Waals surface area contributed by atoms with Gasteiger partial charge in [-0.05, 0) is 25.2 Å². The summed E-state index contributed by atoms with van der Waals surface area (Å²) in [5, 5.41) is 12.1. The zero-order chi connectivity index (χ0) is 13.3. The van der Waals surface area contributed by atoms with E-state index in [2.05, 4.69) is 17.1 Å². The second-order valence-corrected chi connectivity index (χ2v) is 5.74. The molecule has 0 bridgehead atoms. The first-order valence-corrected chi connectivity index (χ1v) is 6.71. The molecule has 0 radical (unpaired) electrons. The number of carbonyl (C=O) groups excluding carboxylic acids is 1. The number of rotatable bonds is 3. The third-order valence-corrected chi connectivity index (χ3v) is 4.28. The minimum atomic E-state index is -0.748. The number of carboxylic acid groups (broad SMARTS) is 1. The van der Waals surface area contributed by atoms with E-state index >= 15 is 0 Å². The fourth-order valence-corrected chi connectivity index (χ4v) is 3.17. The lowest BCUT2D eigenvalue weighted by Gasteiger charge is -2.47. The number of carboxylic acids is 1. The van der Waals surface area contributed by atoms with Gasteiger partial charge in [0.15, 0.2) is 0 Å². The van der Waals surface area contributed by atoms with E-state index < -0.39 is 5.97 Å². The van der Waals surface area contributed by atoms with E-state index in [9.17, 15) is 14.7 Å². The minimum absolute atomic E-state index is 0.0230. The molecule has 0 spiro atoms. The highest BCUT2D eigenvalue weighted by molar-refractivity contribution is 5.74. The van der Waals surface area contributed by atoms with Crippen LogP contribution in [0.4, 0.5) is 0 Å². The Hall–Kier alpha value is -1.10. The van der Waals surface area contributed by atoms with Crippen LogP contribution in [0.25, 0.3) is 0 Å². The Morgan fingerprint density at radius 3 is 2.44 bits per heavy atom. The maximum Gasteiger partial charge on any atom is 0.307 e. The molecule has 5 heteroatoms. The molecular weight excluding hydrogens is 232 g/mol. The molecule has 18 heavy (non-hydrogen) atoms. The number of amides is 1. The van der Waals surface area contributed by atoms with Crippen LogP contribution in [0.2, 0.25) is 0 Å². The van der Waals surface area contributed by atoms with Gasteiger partial charge in [-0.2, -0.15) is 0 Å². The van der Waals surface area contributed by atoms with Crippen LogP contribution in [0, 0.1) is 11.8 Å². The van der Waals surface area contributed by atoms with Gasteiger partial charge in [0.2, 0.25) is 5.91 Å². The number of nitrogens with zero attached hydrogens (tertiary/aromatic N) is 1. The summed E-state index contributed by atoms with van der Waals surface area (Å²) in [6.45, 7) is 5.12. The topological polar surface area (TPSA) is 69.6 Å². The molecule has 2 N–H and O–H groups in total. The Morgan fingerprint density at radius 1 is 1.28 bits per heavy atom. The van der Waals surface area contributed by atoms with Crippen molar-refractivity contribution in [3.8, 4) is 0 Å². The standard InChI is InChI=1S/C13H22N2O3/c1-8-3-4-12(8)15-6-10(13(17)18)5-11(7-15)14-9(2)16/h8,10-12H,3-7H2,1-2H3,(H,14,16)(H,17,18). The van der Waals surface area contributed by atoms with Crippen molar-refractivity contribution in [2.75, 3.05) is 13.1 Å². The lowest BCUT2D eigenvalue weighted by atomic mass is 9.78. The highest BCUT2D eigenvalue weighted by atomic mass is 16.4. The molecule has 5 nitrogen and oxygen atoms in total. The van der Waals surface area contributed by atoms with Crippen LogP contribution in [0.3, 0.4) is 0 Å². The molecule has 1 saturated carbocycles. The van der Waals surface area contributed by atoms with E-state index in [1.165, 1.54) is 13.3 Å². The average molecular weight is 254 g/mol. The summed E-state index contributed by atoms with van der Waals surface area (Å²) in [6.07, 6.45) is 2.93. The molecule has 4 unspecified atom stereocenters. The van der Waals surface area contributed by atoms with Crippen molar-refractivity contribution in [2.24, 2.45) is 11.8 Å². The molecule has 102 valence electrons. The van der Waals surface area contributed by atoms with E-state index in [0.29, 0.717) is 24.9 Å². The van der Waals surface area contributed by atoms with Crippen molar-refractivity contribution >= 4 is 11.9 Å². The normalized spacial score (nSPS) is 36.8. The third kappa shape index (κ3) is 2.83. The van der Waals surface area contributed by atoms with Crippen molar-refractivity contribution in [2.45, 2.75) is 45.2 Å². The van der Waals surface area contributed by atoms with Gasteiger partial charge >= 0.3 is 5.97 Å². The number of piperidine rings is 1. The Balaban J connectivity index is 2.01. The Morgan fingerprint density at radius 2 is 2.00 bits per heavy atom. The summed E-state index contributed by atoms with van der Waals surface area (Å²) in [6, 6.07) is 0.480. The average Bonchev–Trinajstić information content (AvgIpc) is 2.25. The van der Waals surface area contributed by atoms with E-state index in [4.69, 9.17) is 0 Å². The molecule has 1 saturated heterocycles. The lowest BCUT2D eigenvalue weighted by molar-refractivity contribution is -0.145. The fourth-order valence-electron chi connectivity index (χ4n) is 3.17. The number of hydrogen-bond donors (Lipinski definition) is 2. The highest BCUT2D eigenvalue weighted by Crippen LogP contribution is 2.34. The lowest BCUT2D eigenvalue weighted by Crippen LogP contribution is -2.58. The quantitative estimate of drug-likeness (QED) is 0.777. The molecule has 1 aliphatic carbocycles. The van der Waals surface area contributed by atoms with Gasteiger partial charge in [-0.1, -0.05) is 6.92 Å².